The van der Waals surface area contributed by atoms with Crippen molar-refractivity contribution >= 4 is 10.9 Å². The molecule has 102 valence electrons. The highest BCUT2D eigenvalue weighted by Gasteiger charge is 2.12. The van der Waals surface area contributed by atoms with Crippen LogP contribution in [-0.2, 0) is 11.3 Å². The maximum absolute atomic E-state index is 13.3. The standard InChI is InChI=1S/C15H19FN2O/c16-13-2-1-12-3-7-18(15(12)11-13)8-6-17-14-4-9-19-10-5-14/h1-3,7,11,14,17H,4-6,8-10H2. The van der Waals surface area contributed by atoms with Crippen LogP contribution in [0.2, 0.25) is 0 Å². The van der Waals surface area contributed by atoms with Gasteiger partial charge in [0.25, 0.3) is 0 Å². The van der Waals surface area contributed by atoms with Crippen molar-refractivity contribution in [1.82, 2.24) is 9.88 Å². The van der Waals surface area contributed by atoms with E-state index in [9.17, 15) is 4.39 Å². The third kappa shape index (κ3) is 2.96. The Kier molecular flexibility index (Phi) is 3.80. The number of nitrogens with one attached hydrogen (secondary N) is 1. The molecule has 1 saturated heterocycles. The zero-order chi connectivity index (χ0) is 13.1. The normalized spacial score (nSPS) is 17.1. The maximum atomic E-state index is 13.3. The fraction of sp³-hybridized carbons (Fsp3) is 0.467. The van der Waals surface area contributed by atoms with Crippen LogP contribution in [0, 0.1) is 5.82 Å². The van der Waals surface area contributed by atoms with Crippen molar-refractivity contribution in [1.29, 1.82) is 0 Å². The average Bonchev–Trinajstić information content (AvgIpc) is 2.83. The van der Waals surface area contributed by atoms with Crippen molar-refractivity contribution in [3.05, 3.63) is 36.3 Å². The molecule has 19 heavy (non-hydrogen) atoms. The molecule has 3 nitrogen and oxygen atoms in total. The Morgan fingerprint density at radius 1 is 1.26 bits per heavy atom. The molecule has 0 atom stereocenters. The first-order chi connectivity index (χ1) is 9.33. The number of rotatable bonds is 4. The molecule has 1 fully saturated rings. The predicted octanol–water partition coefficient (Wildman–Crippen LogP) is 2.55. The van der Waals surface area contributed by atoms with E-state index in [-0.39, 0.29) is 5.82 Å². The first-order valence-corrected chi connectivity index (χ1v) is 6.88. The number of halogens is 1. The second kappa shape index (κ2) is 5.72. The molecule has 0 unspecified atom stereocenters. The highest BCUT2D eigenvalue weighted by molar-refractivity contribution is 5.80. The van der Waals surface area contributed by atoms with Gasteiger partial charge in [-0.2, -0.15) is 0 Å². The van der Waals surface area contributed by atoms with Gasteiger partial charge in [-0.05, 0) is 42.5 Å². The molecule has 0 aliphatic carbocycles. The molecule has 1 N–H and O–H groups in total. The van der Waals surface area contributed by atoms with Crippen molar-refractivity contribution in [3.63, 3.8) is 0 Å². The van der Waals surface area contributed by atoms with E-state index < -0.39 is 0 Å². The lowest BCUT2D eigenvalue weighted by molar-refractivity contribution is 0.0779. The fourth-order valence-corrected chi connectivity index (χ4v) is 2.64. The van der Waals surface area contributed by atoms with Gasteiger partial charge in [-0.15, -0.1) is 0 Å². The van der Waals surface area contributed by atoms with E-state index in [4.69, 9.17) is 4.74 Å². The highest BCUT2D eigenvalue weighted by atomic mass is 19.1. The molecule has 3 rings (SSSR count). The third-order valence-corrected chi connectivity index (χ3v) is 3.74. The summed E-state index contributed by atoms with van der Waals surface area (Å²) < 4.78 is 20.7. The van der Waals surface area contributed by atoms with E-state index in [2.05, 4.69) is 9.88 Å². The zero-order valence-electron chi connectivity index (χ0n) is 10.9. The summed E-state index contributed by atoms with van der Waals surface area (Å²) in [6.07, 6.45) is 4.19. The lowest BCUT2D eigenvalue weighted by Crippen LogP contribution is -2.36. The van der Waals surface area contributed by atoms with E-state index in [0.717, 1.165) is 50.0 Å². The van der Waals surface area contributed by atoms with Crippen LogP contribution in [0.4, 0.5) is 4.39 Å². The summed E-state index contributed by atoms with van der Waals surface area (Å²) in [5, 5.41) is 4.63. The van der Waals surface area contributed by atoms with Crippen molar-refractivity contribution < 1.29 is 9.13 Å². The van der Waals surface area contributed by atoms with Crippen molar-refractivity contribution in [2.24, 2.45) is 0 Å². The van der Waals surface area contributed by atoms with E-state index in [1.54, 1.807) is 6.07 Å². The summed E-state index contributed by atoms with van der Waals surface area (Å²) in [4.78, 5) is 0. The van der Waals surface area contributed by atoms with Crippen LogP contribution in [0.5, 0.6) is 0 Å². The Morgan fingerprint density at radius 2 is 2.11 bits per heavy atom. The van der Waals surface area contributed by atoms with Crippen LogP contribution >= 0.6 is 0 Å². The molecule has 0 bridgehead atoms. The summed E-state index contributed by atoms with van der Waals surface area (Å²) in [6.45, 7) is 3.49. The maximum Gasteiger partial charge on any atom is 0.125 e. The van der Waals surface area contributed by atoms with Crippen molar-refractivity contribution in [2.75, 3.05) is 19.8 Å². The molecule has 4 heteroatoms. The molecule has 1 aliphatic rings. The van der Waals surface area contributed by atoms with Crippen LogP contribution in [0.1, 0.15) is 12.8 Å². The molecule has 1 aromatic heterocycles. The molecule has 1 aliphatic heterocycles. The Balaban J connectivity index is 1.60. The Bertz CT molecular complexity index is 546. The quantitative estimate of drug-likeness (QED) is 0.916. The number of fused-ring (bicyclic) bond motifs is 1. The van der Waals surface area contributed by atoms with Crippen LogP contribution in [-0.4, -0.2) is 30.4 Å². The van der Waals surface area contributed by atoms with E-state index in [1.807, 2.05) is 18.3 Å². The number of aromatic nitrogens is 1. The van der Waals surface area contributed by atoms with Crippen molar-refractivity contribution in [2.45, 2.75) is 25.4 Å². The van der Waals surface area contributed by atoms with E-state index in [0.29, 0.717) is 6.04 Å². The average molecular weight is 262 g/mol. The van der Waals surface area contributed by atoms with Gasteiger partial charge in [-0.3, -0.25) is 0 Å². The third-order valence-electron chi connectivity index (χ3n) is 3.74. The Morgan fingerprint density at radius 3 is 2.95 bits per heavy atom. The Labute approximate surface area is 112 Å². The number of hydrogen-bond donors (Lipinski definition) is 1. The van der Waals surface area contributed by atoms with Gasteiger partial charge in [0.05, 0.1) is 5.52 Å². The highest BCUT2D eigenvalue weighted by Crippen LogP contribution is 2.16. The number of ether oxygens (including phenoxy) is 1. The van der Waals surface area contributed by atoms with Crippen LogP contribution in [0.15, 0.2) is 30.5 Å². The second-order valence-electron chi connectivity index (χ2n) is 5.05. The summed E-state index contributed by atoms with van der Waals surface area (Å²) in [5.74, 6) is -0.176. The minimum absolute atomic E-state index is 0.176. The summed E-state index contributed by atoms with van der Waals surface area (Å²) in [5.41, 5.74) is 0.966. The number of hydrogen-bond acceptors (Lipinski definition) is 2. The smallest absolute Gasteiger partial charge is 0.125 e. The van der Waals surface area contributed by atoms with Crippen LogP contribution in [0.25, 0.3) is 10.9 Å². The topological polar surface area (TPSA) is 26.2 Å². The predicted molar refractivity (Wildman–Crippen MR) is 73.7 cm³/mol. The van der Waals surface area contributed by atoms with Gasteiger partial charge >= 0.3 is 0 Å². The molecular formula is C15H19FN2O. The molecule has 2 aromatic rings. The number of nitrogens with zero attached hydrogens (tertiary/aromatic N) is 1. The fourth-order valence-electron chi connectivity index (χ4n) is 2.64. The minimum Gasteiger partial charge on any atom is -0.381 e. The summed E-state index contributed by atoms with van der Waals surface area (Å²) in [6, 6.07) is 7.53. The van der Waals surface area contributed by atoms with E-state index in [1.165, 1.54) is 6.07 Å². The van der Waals surface area contributed by atoms with Crippen LogP contribution in [0.3, 0.4) is 0 Å². The van der Waals surface area contributed by atoms with Gasteiger partial charge in [0.15, 0.2) is 0 Å². The first kappa shape index (κ1) is 12.6. The lowest BCUT2D eigenvalue weighted by Gasteiger charge is -2.23. The molecular weight excluding hydrogens is 243 g/mol. The van der Waals surface area contributed by atoms with Gasteiger partial charge in [0.2, 0.25) is 0 Å². The Hall–Kier alpha value is -1.39. The van der Waals surface area contributed by atoms with Crippen molar-refractivity contribution in [3.8, 4) is 0 Å². The molecule has 0 amide bonds. The summed E-state index contributed by atoms with van der Waals surface area (Å²) >= 11 is 0. The second-order valence-corrected chi connectivity index (χ2v) is 5.05. The lowest BCUT2D eigenvalue weighted by atomic mass is 10.1. The number of benzene rings is 1. The van der Waals surface area contributed by atoms with Gasteiger partial charge in [0.1, 0.15) is 5.82 Å². The van der Waals surface area contributed by atoms with Gasteiger partial charge in [-0.25, -0.2) is 4.39 Å². The minimum atomic E-state index is -0.176. The molecule has 2 heterocycles. The molecule has 0 radical (unpaired) electrons. The van der Waals surface area contributed by atoms with Gasteiger partial charge in [0, 0.05) is 38.5 Å². The van der Waals surface area contributed by atoms with Crippen LogP contribution < -0.4 is 5.32 Å². The van der Waals surface area contributed by atoms with Gasteiger partial charge < -0.3 is 14.6 Å². The first-order valence-electron chi connectivity index (χ1n) is 6.88. The largest absolute Gasteiger partial charge is 0.381 e. The molecule has 0 spiro atoms. The molecule has 1 aromatic carbocycles. The monoisotopic (exact) mass is 262 g/mol. The van der Waals surface area contributed by atoms with Gasteiger partial charge in [-0.1, -0.05) is 0 Å². The summed E-state index contributed by atoms with van der Waals surface area (Å²) in [7, 11) is 0. The zero-order valence-corrected chi connectivity index (χ0v) is 10.9. The molecule has 0 saturated carbocycles. The SMILES string of the molecule is Fc1ccc2ccn(CCNC3CCOCC3)c2c1. The van der Waals surface area contributed by atoms with E-state index >= 15 is 0 Å².